The Balaban J connectivity index is 0.000000791. The SMILES string of the molecule is CC.N#CCCC(F)c1ccccc1. The molecule has 0 heterocycles. The van der Waals surface area contributed by atoms with Crippen LogP contribution < -0.4 is 0 Å². The lowest BCUT2D eigenvalue weighted by molar-refractivity contribution is 0.326. The maximum atomic E-state index is 13.2. The molecule has 0 saturated carbocycles. The third-order valence-electron chi connectivity index (χ3n) is 1.67. The fraction of sp³-hybridized carbons (Fsp3) is 0.417. The van der Waals surface area contributed by atoms with Crippen LogP contribution in [0.5, 0.6) is 0 Å². The number of halogens is 1. The van der Waals surface area contributed by atoms with Crippen LogP contribution in [0.25, 0.3) is 0 Å². The first-order valence-electron chi connectivity index (χ1n) is 4.90. The Morgan fingerprint density at radius 3 is 2.36 bits per heavy atom. The lowest BCUT2D eigenvalue weighted by Gasteiger charge is -2.04. The molecule has 1 unspecified atom stereocenters. The number of benzene rings is 1. The van der Waals surface area contributed by atoms with Crippen LogP contribution in [0.4, 0.5) is 4.39 Å². The van der Waals surface area contributed by atoms with E-state index in [-0.39, 0.29) is 6.42 Å². The number of rotatable bonds is 3. The molecule has 1 rings (SSSR count). The molecule has 0 radical (unpaired) electrons. The average Bonchev–Trinajstić information content (AvgIpc) is 2.30. The first-order valence-corrected chi connectivity index (χ1v) is 4.90. The first-order chi connectivity index (χ1) is 6.84. The number of nitriles is 1. The van der Waals surface area contributed by atoms with Crippen LogP contribution >= 0.6 is 0 Å². The summed E-state index contributed by atoms with van der Waals surface area (Å²) in [5.41, 5.74) is 0.660. The second kappa shape index (κ2) is 8.25. The monoisotopic (exact) mass is 193 g/mol. The first kappa shape index (κ1) is 12.6. The van der Waals surface area contributed by atoms with Gasteiger partial charge in [0.05, 0.1) is 6.07 Å². The standard InChI is InChI=1S/C10H10FN.C2H6/c11-10(7-4-8-12)9-5-2-1-3-6-9;1-2/h1-3,5-6,10H,4,7H2;1-2H3. The van der Waals surface area contributed by atoms with Gasteiger partial charge in [0.1, 0.15) is 6.17 Å². The Bertz CT molecular complexity index is 263. The molecule has 76 valence electrons. The van der Waals surface area contributed by atoms with Crippen molar-refractivity contribution in [3.8, 4) is 6.07 Å². The van der Waals surface area contributed by atoms with E-state index in [1.807, 2.05) is 26.0 Å². The summed E-state index contributed by atoms with van der Waals surface area (Å²) in [4.78, 5) is 0. The highest BCUT2D eigenvalue weighted by molar-refractivity contribution is 5.17. The summed E-state index contributed by atoms with van der Waals surface area (Å²) in [6.45, 7) is 4.00. The molecular weight excluding hydrogens is 177 g/mol. The van der Waals surface area contributed by atoms with Crippen LogP contribution in [0.2, 0.25) is 0 Å². The second-order valence-corrected chi connectivity index (χ2v) is 2.58. The molecule has 1 atom stereocenters. The highest BCUT2D eigenvalue weighted by Crippen LogP contribution is 2.21. The summed E-state index contributed by atoms with van der Waals surface area (Å²) in [6.07, 6.45) is -0.429. The lowest BCUT2D eigenvalue weighted by Crippen LogP contribution is -1.89. The fourth-order valence-corrected chi connectivity index (χ4v) is 1.02. The Morgan fingerprint density at radius 1 is 1.29 bits per heavy atom. The molecule has 2 heteroatoms. The summed E-state index contributed by atoms with van der Waals surface area (Å²) < 4.78 is 13.2. The predicted octanol–water partition coefficient (Wildman–Crippen LogP) is 4.03. The second-order valence-electron chi connectivity index (χ2n) is 2.58. The number of alkyl halides is 1. The summed E-state index contributed by atoms with van der Waals surface area (Å²) in [6, 6.07) is 10.9. The highest BCUT2D eigenvalue weighted by Gasteiger charge is 2.07. The number of nitrogens with zero attached hydrogens (tertiary/aromatic N) is 1. The Kier molecular flexibility index (Phi) is 7.45. The van der Waals surface area contributed by atoms with Gasteiger partial charge < -0.3 is 0 Å². The van der Waals surface area contributed by atoms with Crippen molar-refractivity contribution in [3.05, 3.63) is 35.9 Å². The molecule has 0 bridgehead atoms. The molecule has 0 aliphatic heterocycles. The largest absolute Gasteiger partial charge is 0.242 e. The topological polar surface area (TPSA) is 23.8 Å². The number of hydrogen-bond donors (Lipinski definition) is 0. The molecule has 0 spiro atoms. The zero-order chi connectivity index (χ0) is 10.8. The molecule has 0 N–H and O–H groups in total. The summed E-state index contributed by atoms with van der Waals surface area (Å²) >= 11 is 0. The molecule has 1 aromatic carbocycles. The van der Waals surface area contributed by atoms with Gasteiger partial charge in [-0.3, -0.25) is 0 Å². The molecule has 0 aromatic heterocycles. The molecular formula is C12H16FN. The molecule has 0 saturated heterocycles. The van der Waals surface area contributed by atoms with E-state index in [2.05, 4.69) is 0 Å². The quantitative estimate of drug-likeness (QED) is 0.711. The van der Waals surface area contributed by atoms with Crippen molar-refractivity contribution in [2.24, 2.45) is 0 Å². The normalized spacial score (nSPS) is 10.7. The van der Waals surface area contributed by atoms with Crippen molar-refractivity contribution in [1.29, 1.82) is 5.26 Å². The zero-order valence-electron chi connectivity index (χ0n) is 8.70. The van der Waals surface area contributed by atoms with Crippen LogP contribution in [-0.2, 0) is 0 Å². The molecule has 1 aromatic rings. The minimum atomic E-state index is -0.995. The van der Waals surface area contributed by atoms with Crippen LogP contribution in [0.1, 0.15) is 38.4 Å². The zero-order valence-corrected chi connectivity index (χ0v) is 8.70. The molecule has 1 nitrogen and oxygen atoms in total. The van der Waals surface area contributed by atoms with E-state index in [0.29, 0.717) is 12.0 Å². The van der Waals surface area contributed by atoms with Gasteiger partial charge in [0.25, 0.3) is 0 Å². The smallest absolute Gasteiger partial charge is 0.126 e. The highest BCUT2D eigenvalue weighted by atomic mass is 19.1. The van der Waals surface area contributed by atoms with Gasteiger partial charge in [0.2, 0.25) is 0 Å². The van der Waals surface area contributed by atoms with Gasteiger partial charge >= 0.3 is 0 Å². The maximum Gasteiger partial charge on any atom is 0.126 e. The number of hydrogen-bond acceptors (Lipinski definition) is 1. The van der Waals surface area contributed by atoms with Crippen molar-refractivity contribution in [2.45, 2.75) is 32.9 Å². The van der Waals surface area contributed by atoms with Gasteiger partial charge in [-0.25, -0.2) is 4.39 Å². The van der Waals surface area contributed by atoms with Crippen LogP contribution in [-0.4, -0.2) is 0 Å². The van der Waals surface area contributed by atoms with Crippen LogP contribution in [0.3, 0.4) is 0 Å². The van der Waals surface area contributed by atoms with Crippen LogP contribution in [0, 0.1) is 11.3 Å². The van der Waals surface area contributed by atoms with Crippen LogP contribution in [0.15, 0.2) is 30.3 Å². The van der Waals surface area contributed by atoms with E-state index in [0.717, 1.165) is 0 Å². The van der Waals surface area contributed by atoms with Gasteiger partial charge in [0.15, 0.2) is 0 Å². The van der Waals surface area contributed by atoms with Gasteiger partial charge in [-0.1, -0.05) is 44.2 Å². The fourth-order valence-electron chi connectivity index (χ4n) is 1.02. The molecule has 0 aliphatic carbocycles. The Labute approximate surface area is 85.2 Å². The van der Waals surface area contributed by atoms with Gasteiger partial charge in [-0.05, 0) is 12.0 Å². The van der Waals surface area contributed by atoms with Crippen molar-refractivity contribution >= 4 is 0 Å². The van der Waals surface area contributed by atoms with E-state index in [9.17, 15) is 4.39 Å². The predicted molar refractivity (Wildman–Crippen MR) is 56.5 cm³/mol. The molecule has 0 aliphatic rings. The molecule has 14 heavy (non-hydrogen) atoms. The maximum absolute atomic E-state index is 13.2. The van der Waals surface area contributed by atoms with Crippen molar-refractivity contribution in [2.75, 3.05) is 0 Å². The summed E-state index contributed by atoms with van der Waals surface area (Å²) in [7, 11) is 0. The third kappa shape index (κ3) is 4.61. The van der Waals surface area contributed by atoms with Crippen molar-refractivity contribution < 1.29 is 4.39 Å². The van der Waals surface area contributed by atoms with Crippen molar-refractivity contribution in [3.63, 3.8) is 0 Å². The Hall–Kier alpha value is -1.36. The summed E-state index contributed by atoms with van der Waals surface area (Å²) in [5, 5.41) is 8.25. The van der Waals surface area contributed by atoms with Gasteiger partial charge in [0, 0.05) is 6.42 Å². The van der Waals surface area contributed by atoms with Gasteiger partial charge in [-0.2, -0.15) is 5.26 Å². The van der Waals surface area contributed by atoms with E-state index in [1.165, 1.54) is 0 Å². The minimum Gasteiger partial charge on any atom is -0.242 e. The molecule has 0 amide bonds. The van der Waals surface area contributed by atoms with E-state index in [1.54, 1.807) is 24.3 Å². The van der Waals surface area contributed by atoms with Gasteiger partial charge in [-0.15, -0.1) is 0 Å². The average molecular weight is 193 g/mol. The van der Waals surface area contributed by atoms with E-state index < -0.39 is 6.17 Å². The minimum absolute atomic E-state index is 0.274. The van der Waals surface area contributed by atoms with E-state index >= 15 is 0 Å². The summed E-state index contributed by atoms with van der Waals surface area (Å²) in [5.74, 6) is 0. The third-order valence-corrected chi connectivity index (χ3v) is 1.67. The Morgan fingerprint density at radius 2 is 1.86 bits per heavy atom. The van der Waals surface area contributed by atoms with Crippen molar-refractivity contribution in [1.82, 2.24) is 0 Å². The molecule has 0 fully saturated rings. The van der Waals surface area contributed by atoms with E-state index in [4.69, 9.17) is 5.26 Å². The lowest BCUT2D eigenvalue weighted by atomic mass is 10.1.